The van der Waals surface area contributed by atoms with Crippen LogP contribution in [-0.4, -0.2) is 80.6 Å². The summed E-state index contributed by atoms with van der Waals surface area (Å²) in [6.07, 6.45) is 40.7. The molecular weight excluding hydrogens is 679 g/mol. The largest absolute Gasteiger partial charge is 0.477 e. The monoisotopic (exact) mass is 765 g/mol. The number of allylic oxidation sites excluding steroid dienone is 4. The molecule has 54 heavy (non-hydrogen) atoms. The maximum absolute atomic E-state index is 12.7. The molecular formula is C46H86NO7+. The second-order valence-corrected chi connectivity index (χ2v) is 16.3. The number of unbranched alkanes of at least 4 members (excludes halogenated alkanes) is 22. The lowest BCUT2D eigenvalue weighted by atomic mass is 10.0. The summed E-state index contributed by atoms with van der Waals surface area (Å²) in [5.41, 5.74) is 0. The lowest BCUT2D eigenvalue weighted by Gasteiger charge is -2.31. The number of esters is 2. The van der Waals surface area contributed by atoms with E-state index in [1.807, 2.05) is 21.1 Å². The van der Waals surface area contributed by atoms with Gasteiger partial charge >= 0.3 is 17.9 Å². The summed E-state index contributed by atoms with van der Waals surface area (Å²) in [7, 11) is 5.53. The van der Waals surface area contributed by atoms with Crippen LogP contribution in [0.2, 0.25) is 0 Å². The number of carboxylic acid groups (broad SMARTS) is 1. The molecule has 0 amide bonds. The molecule has 0 saturated carbocycles. The molecule has 316 valence electrons. The number of hydrogen-bond donors (Lipinski definition) is 1. The molecule has 0 saturated heterocycles. The average molecular weight is 765 g/mol. The van der Waals surface area contributed by atoms with E-state index in [4.69, 9.17) is 14.2 Å². The molecule has 0 aliphatic carbocycles. The summed E-state index contributed by atoms with van der Waals surface area (Å²) < 4.78 is 17.3. The molecule has 0 aliphatic rings. The van der Waals surface area contributed by atoms with Crippen molar-refractivity contribution in [2.75, 3.05) is 41.0 Å². The van der Waals surface area contributed by atoms with Gasteiger partial charge in [0.15, 0.2) is 12.1 Å². The fourth-order valence-electron chi connectivity index (χ4n) is 6.66. The highest BCUT2D eigenvalue weighted by molar-refractivity contribution is 5.72. The SMILES string of the molecule is CC/C=C/C/C=C/CCCCCCCCCC(=O)OC(COCCC(C(=O)O)[N+](C)(C)C)COC(=O)CCCCCCCCCCCCCCCCCC. The maximum Gasteiger partial charge on any atom is 0.362 e. The predicted octanol–water partition coefficient (Wildman–Crippen LogP) is 12.1. The molecule has 2 atom stereocenters. The highest BCUT2D eigenvalue weighted by atomic mass is 16.6. The Kier molecular flexibility index (Phi) is 36.2. The zero-order chi connectivity index (χ0) is 40.0. The summed E-state index contributed by atoms with van der Waals surface area (Å²) in [5, 5.41) is 9.61. The van der Waals surface area contributed by atoms with E-state index in [2.05, 4.69) is 38.2 Å². The van der Waals surface area contributed by atoms with Crippen LogP contribution in [0.4, 0.5) is 0 Å². The van der Waals surface area contributed by atoms with Gasteiger partial charge in [-0.25, -0.2) is 4.79 Å². The van der Waals surface area contributed by atoms with Crippen LogP contribution in [0, 0.1) is 0 Å². The molecule has 0 aromatic carbocycles. The van der Waals surface area contributed by atoms with Crippen molar-refractivity contribution < 1.29 is 38.2 Å². The fraction of sp³-hybridized carbons (Fsp3) is 0.848. The van der Waals surface area contributed by atoms with E-state index >= 15 is 0 Å². The summed E-state index contributed by atoms with van der Waals surface area (Å²) >= 11 is 0. The van der Waals surface area contributed by atoms with E-state index in [0.717, 1.165) is 57.8 Å². The van der Waals surface area contributed by atoms with E-state index in [9.17, 15) is 19.5 Å². The minimum absolute atomic E-state index is 0.0498. The number of ether oxygens (including phenoxy) is 3. The van der Waals surface area contributed by atoms with Gasteiger partial charge in [-0.15, -0.1) is 0 Å². The van der Waals surface area contributed by atoms with Crippen molar-refractivity contribution in [3.8, 4) is 0 Å². The van der Waals surface area contributed by atoms with Crippen LogP contribution >= 0.6 is 0 Å². The van der Waals surface area contributed by atoms with Gasteiger partial charge in [0.05, 0.1) is 34.4 Å². The Hall–Kier alpha value is -2.19. The van der Waals surface area contributed by atoms with E-state index in [1.165, 1.54) is 109 Å². The third kappa shape index (κ3) is 35.5. The molecule has 0 rings (SSSR count). The number of carbonyl (C=O) groups excluding carboxylic acids is 2. The first-order valence-electron chi connectivity index (χ1n) is 22.4. The van der Waals surface area contributed by atoms with Crippen LogP contribution in [0.1, 0.15) is 200 Å². The van der Waals surface area contributed by atoms with Crippen LogP contribution in [0.25, 0.3) is 0 Å². The van der Waals surface area contributed by atoms with E-state index in [1.54, 1.807) is 0 Å². The Balaban J connectivity index is 4.31. The standard InChI is InChI=1S/C46H85NO7/c1-6-8-10-12-14-16-18-20-22-23-25-26-28-30-32-34-36-44(48)53-41-42(40-52-39-38-43(46(50)51)47(3,4)5)54-45(49)37-35-33-31-29-27-24-21-19-17-15-13-11-9-7-2/h9,11,15,17,42-43H,6-8,10,12-14,16,18-41H2,1-5H3/p+1/b11-9+,17-15+. The minimum atomic E-state index is -0.875. The van der Waals surface area contributed by atoms with Gasteiger partial charge in [-0.2, -0.15) is 0 Å². The number of likely N-dealkylation sites (N-methyl/N-ethyl adjacent to an activating group) is 1. The van der Waals surface area contributed by atoms with Gasteiger partial charge in [0.25, 0.3) is 0 Å². The highest BCUT2D eigenvalue weighted by Gasteiger charge is 2.31. The summed E-state index contributed by atoms with van der Waals surface area (Å²) in [6, 6.07) is -0.613. The van der Waals surface area contributed by atoms with Gasteiger partial charge in [0.1, 0.15) is 6.61 Å². The zero-order valence-electron chi connectivity index (χ0n) is 35.9. The maximum atomic E-state index is 12.7. The number of aliphatic carboxylic acids is 1. The van der Waals surface area contributed by atoms with E-state index in [-0.39, 0.29) is 36.2 Å². The first kappa shape index (κ1) is 51.8. The quantitative estimate of drug-likeness (QED) is 0.0287. The van der Waals surface area contributed by atoms with E-state index < -0.39 is 18.1 Å². The second kappa shape index (κ2) is 37.7. The van der Waals surface area contributed by atoms with Crippen molar-refractivity contribution in [1.82, 2.24) is 0 Å². The Morgan fingerprint density at radius 2 is 1.04 bits per heavy atom. The van der Waals surface area contributed by atoms with Crippen LogP contribution < -0.4 is 0 Å². The molecule has 2 unspecified atom stereocenters. The number of quaternary nitrogens is 1. The molecule has 8 heteroatoms. The Morgan fingerprint density at radius 1 is 0.574 bits per heavy atom. The molecule has 1 N–H and O–H groups in total. The van der Waals surface area contributed by atoms with Gasteiger partial charge in [0.2, 0.25) is 0 Å². The van der Waals surface area contributed by atoms with Gasteiger partial charge in [-0.3, -0.25) is 9.59 Å². The molecule has 0 aliphatic heterocycles. The lowest BCUT2D eigenvalue weighted by molar-refractivity contribution is -0.887. The number of carbonyl (C=O) groups is 3. The number of carboxylic acids is 1. The summed E-state index contributed by atoms with van der Waals surface area (Å²) in [4.78, 5) is 37.0. The molecule has 8 nitrogen and oxygen atoms in total. The van der Waals surface area contributed by atoms with E-state index in [0.29, 0.717) is 19.3 Å². The number of nitrogens with zero attached hydrogens (tertiary/aromatic N) is 1. The molecule has 0 fully saturated rings. The topological polar surface area (TPSA) is 99.1 Å². The van der Waals surface area contributed by atoms with Crippen molar-refractivity contribution in [3.63, 3.8) is 0 Å². The normalized spacial score (nSPS) is 13.1. The third-order valence-electron chi connectivity index (χ3n) is 10.1. The second-order valence-electron chi connectivity index (χ2n) is 16.3. The fourth-order valence-corrected chi connectivity index (χ4v) is 6.66. The Bertz CT molecular complexity index is 942. The van der Waals surface area contributed by atoms with Gasteiger partial charge < -0.3 is 23.8 Å². The molecule has 0 aromatic heterocycles. The van der Waals surface area contributed by atoms with Crippen LogP contribution in [-0.2, 0) is 28.6 Å². The van der Waals surface area contributed by atoms with Crippen LogP contribution in [0.5, 0.6) is 0 Å². The zero-order valence-corrected chi connectivity index (χ0v) is 35.9. The third-order valence-corrected chi connectivity index (χ3v) is 10.1. The lowest BCUT2D eigenvalue weighted by Crippen LogP contribution is -2.50. The van der Waals surface area contributed by atoms with Crippen molar-refractivity contribution in [2.45, 2.75) is 212 Å². The van der Waals surface area contributed by atoms with Crippen molar-refractivity contribution in [3.05, 3.63) is 24.3 Å². The molecule has 0 spiro atoms. The van der Waals surface area contributed by atoms with Gasteiger partial charge in [-0.1, -0.05) is 167 Å². The molecule has 0 bridgehead atoms. The summed E-state index contributed by atoms with van der Waals surface area (Å²) in [5.74, 6) is -1.47. The van der Waals surface area contributed by atoms with Crippen molar-refractivity contribution >= 4 is 17.9 Å². The summed E-state index contributed by atoms with van der Waals surface area (Å²) in [6.45, 7) is 4.64. The Labute approximate surface area is 332 Å². The smallest absolute Gasteiger partial charge is 0.362 e. The predicted molar refractivity (Wildman–Crippen MR) is 225 cm³/mol. The first-order valence-corrected chi connectivity index (χ1v) is 22.4. The number of rotatable bonds is 40. The molecule has 0 radical (unpaired) electrons. The molecule has 0 heterocycles. The minimum Gasteiger partial charge on any atom is -0.477 e. The number of hydrogen-bond acceptors (Lipinski definition) is 6. The van der Waals surface area contributed by atoms with Crippen LogP contribution in [0.15, 0.2) is 24.3 Å². The average Bonchev–Trinajstić information content (AvgIpc) is 3.12. The Morgan fingerprint density at radius 3 is 1.52 bits per heavy atom. The highest BCUT2D eigenvalue weighted by Crippen LogP contribution is 2.15. The van der Waals surface area contributed by atoms with Gasteiger partial charge in [0, 0.05) is 19.3 Å². The molecule has 0 aromatic rings. The van der Waals surface area contributed by atoms with Gasteiger partial charge in [-0.05, 0) is 38.5 Å². The van der Waals surface area contributed by atoms with Crippen molar-refractivity contribution in [2.24, 2.45) is 0 Å². The van der Waals surface area contributed by atoms with Crippen molar-refractivity contribution in [1.29, 1.82) is 0 Å². The van der Waals surface area contributed by atoms with Crippen LogP contribution in [0.3, 0.4) is 0 Å². The first-order chi connectivity index (χ1) is 26.1.